The Morgan fingerprint density at radius 1 is 1.06 bits per heavy atom. The lowest BCUT2D eigenvalue weighted by Gasteiger charge is -2.24. The maximum absolute atomic E-state index is 2.38. The minimum absolute atomic E-state index is 0.278. The standard InChI is InChI=1S/C16H25N/c1-5-7-8-11-14-15(10-6-2)17-13-9-12-16(14,3)4/h5-8,10-11,17H,9,12-13H2,1-4H3/p+1/b7-5+,10-6-,11-8-. The zero-order valence-electron chi connectivity index (χ0n) is 11.7. The molecule has 0 aromatic heterocycles. The van der Waals surface area contributed by atoms with Crippen molar-refractivity contribution < 1.29 is 5.32 Å². The second-order valence-corrected chi connectivity index (χ2v) is 5.23. The van der Waals surface area contributed by atoms with Crippen LogP contribution in [0.15, 0.2) is 47.7 Å². The molecule has 1 aliphatic rings. The zero-order chi connectivity index (χ0) is 12.7. The highest BCUT2D eigenvalue weighted by Crippen LogP contribution is 2.34. The Balaban J connectivity index is 3.13. The molecule has 1 aliphatic heterocycles. The second-order valence-electron chi connectivity index (χ2n) is 5.23. The molecule has 0 fully saturated rings. The molecule has 1 rings (SSSR count). The van der Waals surface area contributed by atoms with Gasteiger partial charge < -0.3 is 5.32 Å². The molecule has 0 saturated heterocycles. The topological polar surface area (TPSA) is 16.6 Å². The van der Waals surface area contributed by atoms with Crippen LogP contribution < -0.4 is 5.32 Å². The summed E-state index contributed by atoms with van der Waals surface area (Å²) in [4.78, 5) is 0. The Hall–Kier alpha value is -1.08. The average molecular weight is 232 g/mol. The quantitative estimate of drug-likeness (QED) is 0.719. The Morgan fingerprint density at radius 3 is 2.47 bits per heavy atom. The first-order chi connectivity index (χ1) is 8.11. The van der Waals surface area contributed by atoms with Gasteiger partial charge in [-0.2, -0.15) is 0 Å². The third kappa shape index (κ3) is 4.01. The molecule has 0 atom stereocenters. The van der Waals surface area contributed by atoms with Gasteiger partial charge in [-0.3, -0.25) is 0 Å². The van der Waals surface area contributed by atoms with E-state index in [0.717, 1.165) is 0 Å². The van der Waals surface area contributed by atoms with Gasteiger partial charge in [0.05, 0.1) is 6.54 Å². The summed E-state index contributed by atoms with van der Waals surface area (Å²) in [6.45, 7) is 10.0. The summed E-state index contributed by atoms with van der Waals surface area (Å²) >= 11 is 0. The SMILES string of the molecule is C/C=C\C1=C(/C=C\C=C\C)C(C)(C)CCC[NH2+]1. The lowest BCUT2D eigenvalue weighted by molar-refractivity contribution is -0.601. The number of nitrogens with two attached hydrogens (primary N) is 1. The minimum atomic E-state index is 0.278. The van der Waals surface area contributed by atoms with E-state index in [2.05, 4.69) is 69.5 Å². The summed E-state index contributed by atoms with van der Waals surface area (Å²) in [6.07, 6.45) is 15.5. The second kappa shape index (κ2) is 6.61. The van der Waals surface area contributed by atoms with E-state index in [-0.39, 0.29) is 5.41 Å². The number of quaternary nitrogens is 1. The third-order valence-corrected chi connectivity index (χ3v) is 3.32. The van der Waals surface area contributed by atoms with Crippen LogP contribution >= 0.6 is 0 Å². The van der Waals surface area contributed by atoms with Crippen molar-refractivity contribution in [3.05, 3.63) is 47.7 Å². The first kappa shape index (κ1) is 14.0. The number of hydrogen-bond donors (Lipinski definition) is 1. The summed E-state index contributed by atoms with van der Waals surface area (Å²) in [5.74, 6) is 0. The van der Waals surface area contributed by atoms with Gasteiger partial charge in [-0.25, -0.2) is 0 Å². The average Bonchev–Trinajstić information content (AvgIpc) is 2.41. The van der Waals surface area contributed by atoms with Crippen LogP contribution in [0.2, 0.25) is 0 Å². The van der Waals surface area contributed by atoms with Crippen molar-refractivity contribution >= 4 is 0 Å². The van der Waals surface area contributed by atoms with Crippen LogP contribution in [0, 0.1) is 5.41 Å². The van der Waals surface area contributed by atoms with E-state index >= 15 is 0 Å². The summed E-state index contributed by atoms with van der Waals surface area (Å²) in [5.41, 5.74) is 3.14. The van der Waals surface area contributed by atoms with Gasteiger partial charge in [-0.05, 0) is 38.2 Å². The summed E-state index contributed by atoms with van der Waals surface area (Å²) in [7, 11) is 0. The first-order valence-corrected chi connectivity index (χ1v) is 6.62. The Morgan fingerprint density at radius 2 is 1.82 bits per heavy atom. The van der Waals surface area contributed by atoms with E-state index in [1.807, 2.05) is 0 Å². The first-order valence-electron chi connectivity index (χ1n) is 6.62. The van der Waals surface area contributed by atoms with Gasteiger partial charge in [0.1, 0.15) is 5.70 Å². The molecule has 0 unspecified atom stereocenters. The van der Waals surface area contributed by atoms with Crippen LogP contribution in [-0.4, -0.2) is 6.54 Å². The van der Waals surface area contributed by atoms with E-state index in [1.54, 1.807) is 0 Å². The molecule has 17 heavy (non-hydrogen) atoms. The molecule has 0 aromatic rings. The molecule has 2 N–H and O–H groups in total. The molecule has 1 heteroatoms. The summed E-state index contributed by atoms with van der Waals surface area (Å²) in [5, 5.41) is 2.38. The van der Waals surface area contributed by atoms with Gasteiger partial charge >= 0.3 is 0 Å². The summed E-state index contributed by atoms with van der Waals surface area (Å²) in [6, 6.07) is 0. The van der Waals surface area contributed by atoms with Crippen molar-refractivity contribution in [2.24, 2.45) is 5.41 Å². The van der Waals surface area contributed by atoms with Crippen molar-refractivity contribution in [2.45, 2.75) is 40.5 Å². The van der Waals surface area contributed by atoms with Gasteiger partial charge in [-0.15, -0.1) is 0 Å². The van der Waals surface area contributed by atoms with Crippen LogP contribution in [0.25, 0.3) is 0 Å². The molecule has 0 amide bonds. The number of hydrogen-bond acceptors (Lipinski definition) is 0. The highest BCUT2D eigenvalue weighted by atomic mass is 14.9. The number of rotatable bonds is 3. The molecular formula is C16H26N+. The Bertz CT molecular complexity index is 354. The van der Waals surface area contributed by atoms with Crippen molar-refractivity contribution in [1.82, 2.24) is 0 Å². The van der Waals surface area contributed by atoms with E-state index in [4.69, 9.17) is 0 Å². The molecular weight excluding hydrogens is 206 g/mol. The Kier molecular flexibility index (Phi) is 5.43. The predicted octanol–water partition coefficient (Wildman–Crippen LogP) is 3.33. The van der Waals surface area contributed by atoms with Crippen molar-refractivity contribution in [2.75, 3.05) is 6.54 Å². The van der Waals surface area contributed by atoms with Crippen LogP contribution in [0.4, 0.5) is 0 Å². The smallest absolute Gasteiger partial charge is 0.132 e. The van der Waals surface area contributed by atoms with Crippen LogP contribution in [0.1, 0.15) is 40.5 Å². The molecule has 1 heterocycles. The van der Waals surface area contributed by atoms with Crippen LogP contribution in [0.3, 0.4) is 0 Å². The van der Waals surface area contributed by atoms with Gasteiger partial charge in [-0.1, -0.05) is 44.2 Å². The number of allylic oxidation sites excluding steroid dienone is 7. The molecule has 94 valence electrons. The van der Waals surface area contributed by atoms with Gasteiger partial charge in [0.2, 0.25) is 0 Å². The molecule has 0 spiro atoms. The van der Waals surface area contributed by atoms with Crippen LogP contribution in [-0.2, 0) is 0 Å². The minimum Gasteiger partial charge on any atom is -0.314 e. The maximum Gasteiger partial charge on any atom is 0.132 e. The molecule has 0 saturated carbocycles. The van der Waals surface area contributed by atoms with Gasteiger partial charge in [0.25, 0.3) is 0 Å². The van der Waals surface area contributed by atoms with Gasteiger partial charge in [0, 0.05) is 5.57 Å². The van der Waals surface area contributed by atoms with Crippen LogP contribution in [0.5, 0.6) is 0 Å². The maximum atomic E-state index is 2.38. The summed E-state index contributed by atoms with van der Waals surface area (Å²) < 4.78 is 0. The molecule has 0 aliphatic carbocycles. The fourth-order valence-electron chi connectivity index (χ4n) is 2.36. The van der Waals surface area contributed by atoms with Gasteiger partial charge in [0.15, 0.2) is 0 Å². The molecule has 0 bridgehead atoms. The van der Waals surface area contributed by atoms with E-state index in [0.29, 0.717) is 0 Å². The van der Waals surface area contributed by atoms with Crippen molar-refractivity contribution in [3.8, 4) is 0 Å². The predicted molar refractivity (Wildman–Crippen MR) is 75.6 cm³/mol. The third-order valence-electron chi connectivity index (χ3n) is 3.32. The highest BCUT2D eigenvalue weighted by Gasteiger charge is 2.28. The molecule has 1 nitrogen and oxygen atoms in total. The van der Waals surface area contributed by atoms with Crippen molar-refractivity contribution in [1.29, 1.82) is 0 Å². The lowest BCUT2D eigenvalue weighted by Crippen LogP contribution is -2.81. The molecule has 0 aromatic carbocycles. The lowest BCUT2D eigenvalue weighted by atomic mass is 9.79. The fraction of sp³-hybridized carbons (Fsp3) is 0.500. The molecule has 0 radical (unpaired) electrons. The monoisotopic (exact) mass is 232 g/mol. The van der Waals surface area contributed by atoms with E-state index in [9.17, 15) is 0 Å². The largest absolute Gasteiger partial charge is 0.314 e. The van der Waals surface area contributed by atoms with E-state index in [1.165, 1.54) is 30.7 Å². The zero-order valence-corrected chi connectivity index (χ0v) is 11.7. The van der Waals surface area contributed by atoms with E-state index < -0.39 is 0 Å². The normalized spacial score (nSPS) is 21.9. The Labute approximate surface area is 106 Å². The highest BCUT2D eigenvalue weighted by molar-refractivity contribution is 5.34. The fourth-order valence-corrected chi connectivity index (χ4v) is 2.36. The van der Waals surface area contributed by atoms with Crippen molar-refractivity contribution in [3.63, 3.8) is 0 Å².